The van der Waals surface area contributed by atoms with Crippen molar-refractivity contribution in [3.63, 3.8) is 0 Å². The molecule has 74 valence electrons. The van der Waals surface area contributed by atoms with Gasteiger partial charge in [0.15, 0.2) is 0 Å². The van der Waals surface area contributed by atoms with Gasteiger partial charge in [-0.3, -0.25) is 0 Å². The van der Waals surface area contributed by atoms with Gasteiger partial charge in [0, 0.05) is 6.54 Å². The maximum Gasteiger partial charge on any atom is 0.0725 e. The summed E-state index contributed by atoms with van der Waals surface area (Å²) in [5, 5.41) is 7.49. The normalized spacial score (nSPS) is 10.5. The van der Waals surface area contributed by atoms with Crippen molar-refractivity contribution in [2.75, 3.05) is 19.7 Å². The van der Waals surface area contributed by atoms with Crippen LogP contribution in [-0.4, -0.2) is 19.7 Å². The molecule has 0 aliphatic carbocycles. The van der Waals surface area contributed by atoms with Crippen molar-refractivity contribution >= 4 is 11.3 Å². The van der Waals surface area contributed by atoms with Crippen LogP contribution in [0.15, 0.2) is 16.8 Å². The second-order valence-corrected chi connectivity index (χ2v) is 3.71. The van der Waals surface area contributed by atoms with E-state index in [0.717, 1.165) is 26.3 Å². The highest BCUT2D eigenvalue weighted by Crippen LogP contribution is 2.06. The quantitative estimate of drug-likeness (QED) is 0.680. The number of thiophene rings is 1. The van der Waals surface area contributed by atoms with Crippen LogP contribution in [0.1, 0.15) is 18.9 Å². The summed E-state index contributed by atoms with van der Waals surface area (Å²) in [6.07, 6.45) is 1.19. The Kier molecular flexibility index (Phi) is 5.81. The van der Waals surface area contributed by atoms with E-state index < -0.39 is 0 Å². The minimum absolute atomic E-state index is 0.747. The third kappa shape index (κ3) is 5.03. The van der Waals surface area contributed by atoms with Gasteiger partial charge in [-0.1, -0.05) is 6.92 Å². The Labute approximate surface area is 83.9 Å². The molecule has 0 spiro atoms. The molecule has 1 N–H and O–H groups in total. The van der Waals surface area contributed by atoms with Crippen molar-refractivity contribution in [2.45, 2.75) is 20.0 Å². The Hall–Kier alpha value is -0.380. The van der Waals surface area contributed by atoms with Crippen molar-refractivity contribution in [1.29, 1.82) is 0 Å². The molecule has 0 atom stereocenters. The molecule has 1 rings (SSSR count). The van der Waals surface area contributed by atoms with Crippen LogP contribution in [0, 0.1) is 0 Å². The molecule has 0 aromatic carbocycles. The standard InChI is InChI=1S/C10H17NOS/c1-2-4-11-5-6-12-8-10-3-7-13-9-10/h3,7,9,11H,2,4-6,8H2,1H3. The Bertz CT molecular complexity index is 199. The molecule has 13 heavy (non-hydrogen) atoms. The van der Waals surface area contributed by atoms with E-state index in [9.17, 15) is 0 Å². The van der Waals surface area contributed by atoms with Gasteiger partial charge < -0.3 is 10.1 Å². The van der Waals surface area contributed by atoms with Crippen LogP contribution >= 0.6 is 11.3 Å². The minimum Gasteiger partial charge on any atom is -0.375 e. The summed E-state index contributed by atoms with van der Waals surface area (Å²) >= 11 is 1.72. The third-order valence-electron chi connectivity index (χ3n) is 1.70. The second-order valence-electron chi connectivity index (χ2n) is 2.93. The fourth-order valence-corrected chi connectivity index (χ4v) is 1.66. The van der Waals surface area contributed by atoms with Gasteiger partial charge in [0.1, 0.15) is 0 Å². The fourth-order valence-electron chi connectivity index (χ4n) is 1.01. The smallest absolute Gasteiger partial charge is 0.0725 e. The summed E-state index contributed by atoms with van der Waals surface area (Å²) in [6, 6.07) is 2.10. The van der Waals surface area contributed by atoms with Crippen molar-refractivity contribution in [3.05, 3.63) is 22.4 Å². The van der Waals surface area contributed by atoms with E-state index in [-0.39, 0.29) is 0 Å². The summed E-state index contributed by atoms with van der Waals surface area (Å²) in [6.45, 7) is 5.76. The largest absolute Gasteiger partial charge is 0.375 e. The zero-order valence-corrected chi connectivity index (χ0v) is 8.90. The van der Waals surface area contributed by atoms with Gasteiger partial charge >= 0.3 is 0 Å². The first-order chi connectivity index (χ1) is 6.43. The molecule has 0 unspecified atom stereocenters. The number of hydrogen-bond acceptors (Lipinski definition) is 3. The van der Waals surface area contributed by atoms with Gasteiger partial charge in [-0.05, 0) is 35.4 Å². The predicted octanol–water partition coefficient (Wildman–Crippen LogP) is 2.26. The zero-order valence-electron chi connectivity index (χ0n) is 8.08. The van der Waals surface area contributed by atoms with Gasteiger partial charge in [0.05, 0.1) is 13.2 Å². The molecule has 1 aromatic heterocycles. The molecule has 3 heteroatoms. The van der Waals surface area contributed by atoms with Crippen LogP contribution in [0.25, 0.3) is 0 Å². The van der Waals surface area contributed by atoms with Crippen LogP contribution in [0.3, 0.4) is 0 Å². The van der Waals surface area contributed by atoms with E-state index in [1.807, 2.05) is 0 Å². The van der Waals surface area contributed by atoms with Crippen LogP contribution in [-0.2, 0) is 11.3 Å². The van der Waals surface area contributed by atoms with Crippen molar-refractivity contribution in [1.82, 2.24) is 5.32 Å². The van der Waals surface area contributed by atoms with E-state index in [4.69, 9.17) is 4.74 Å². The Morgan fingerprint density at radius 3 is 3.08 bits per heavy atom. The fraction of sp³-hybridized carbons (Fsp3) is 0.600. The molecule has 0 amide bonds. The van der Waals surface area contributed by atoms with Crippen LogP contribution in [0.4, 0.5) is 0 Å². The first-order valence-electron chi connectivity index (χ1n) is 4.73. The molecule has 0 aliphatic heterocycles. The van der Waals surface area contributed by atoms with E-state index in [1.54, 1.807) is 11.3 Å². The van der Waals surface area contributed by atoms with Gasteiger partial charge in [-0.15, -0.1) is 0 Å². The first-order valence-corrected chi connectivity index (χ1v) is 5.67. The Balaban J connectivity index is 1.90. The topological polar surface area (TPSA) is 21.3 Å². The number of hydrogen-bond donors (Lipinski definition) is 1. The molecule has 0 fully saturated rings. The molecule has 0 saturated heterocycles. The van der Waals surface area contributed by atoms with E-state index in [0.29, 0.717) is 0 Å². The highest BCUT2D eigenvalue weighted by Gasteiger charge is 1.92. The van der Waals surface area contributed by atoms with Crippen molar-refractivity contribution in [3.8, 4) is 0 Å². The molecule has 0 radical (unpaired) electrons. The van der Waals surface area contributed by atoms with E-state index >= 15 is 0 Å². The monoisotopic (exact) mass is 199 g/mol. The Morgan fingerprint density at radius 2 is 2.38 bits per heavy atom. The lowest BCUT2D eigenvalue weighted by Gasteiger charge is -2.03. The lowest BCUT2D eigenvalue weighted by Crippen LogP contribution is -2.20. The van der Waals surface area contributed by atoms with Crippen molar-refractivity contribution in [2.24, 2.45) is 0 Å². The molecular weight excluding hydrogens is 182 g/mol. The zero-order chi connectivity index (χ0) is 9.36. The van der Waals surface area contributed by atoms with E-state index in [2.05, 4.69) is 29.1 Å². The number of nitrogens with one attached hydrogen (secondary N) is 1. The minimum atomic E-state index is 0.747. The summed E-state index contributed by atoms with van der Waals surface area (Å²) in [4.78, 5) is 0. The maximum absolute atomic E-state index is 5.47. The van der Waals surface area contributed by atoms with Gasteiger partial charge in [-0.2, -0.15) is 11.3 Å². The van der Waals surface area contributed by atoms with Gasteiger partial charge in [-0.25, -0.2) is 0 Å². The average Bonchev–Trinajstić information content (AvgIpc) is 2.63. The van der Waals surface area contributed by atoms with Gasteiger partial charge in [0.2, 0.25) is 0 Å². The molecule has 0 saturated carbocycles. The van der Waals surface area contributed by atoms with Crippen LogP contribution in [0.2, 0.25) is 0 Å². The number of rotatable bonds is 7. The van der Waals surface area contributed by atoms with Crippen molar-refractivity contribution < 1.29 is 4.74 Å². The average molecular weight is 199 g/mol. The highest BCUT2D eigenvalue weighted by atomic mass is 32.1. The summed E-state index contributed by atoms with van der Waals surface area (Å²) < 4.78 is 5.47. The molecule has 2 nitrogen and oxygen atoms in total. The Morgan fingerprint density at radius 1 is 1.46 bits per heavy atom. The summed E-state index contributed by atoms with van der Waals surface area (Å²) in [5.41, 5.74) is 1.28. The van der Waals surface area contributed by atoms with Gasteiger partial charge in [0.25, 0.3) is 0 Å². The summed E-state index contributed by atoms with van der Waals surface area (Å²) in [7, 11) is 0. The van der Waals surface area contributed by atoms with E-state index in [1.165, 1.54) is 12.0 Å². The lowest BCUT2D eigenvalue weighted by atomic mass is 10.4. The molecular formula is C10H17NOS. The third-order valence-corrected chi connectivity index (χ3v) is 2.43. The highest BCUT2D eigenvalue weighted by molar-refractivity contribution is 7.07. The second kappa shape index (κ2) is 7.06. The maximum atomic E-state index is 5.47. The summed E-state index contributed by atoms with van der Waals surface area (Å²) in [5.74, 6) is 0. The first kappa shape index (κ1) is 10.7. The molecule has 1 heterocycles. The van der Waals surface area contributed by atoms with Crippen LogP contribution < -0.4 is 5.32 Å². The number of ether oxygens (including phenoxy) is 1. The lowest BCUT2D eigenvalue weighted by molar-refractivity contribution is 0.123. The predicted molar refractivity (Wildman–Crippen MR) is 57.1 cm³/mol. The molecule has 0 aliphatic rings. The SMILES string of the molecule is CCCNCCOCc1ccsc1. The molecule has 0 bridgehead atoms. The molecule has 1 aromatic rings. The van der Waals surface area contributed by atoms with Crippen LogP contribution in [0.5, 0.6) is 0 Å².